The molecule has 1 fully saturated rings. The Morgan fingerprint density at radius 2 is 2.00 bits per heavy atom. The van der Waals surface area contributed by atoms with Gasteiger partial charge in [0.25, 0.3) is 0 Å². The average molecular weight is 174 g/mol. The quantitative estimate of drug-likeness (QED) is 0.654. The highest BCUT2D eigenvalue weighted by molar-refractivity contribution is 4.91. The van der Waals surface area contributed by atoms with E-state index in [2.05, 4.69) is 0 Å². The van der Waals surface area contributed by atoms with Gasteiger partial charge in [0.05, 0.1) is 25.4 Å². The summed E-state index contributed by atoms with van der Waals surface area (Å²) in [6.07, 6.45) is 0.526. The van der Waals surface area contributed by atoms with Crippen molar-refractivity contribution in [1.82, 2.24) is 0 Å². The Kier molecular flexibility index (Phi) is 3.09. The van der Waals surface area contributed by atoms with Crippen molar-refractivity contribution >= 4 is 0 Å². The van der Waals surface area contributed by atoms with Crippen LogP contribution < -0.4 is 0 Å². The molecule has 1 aliphatic rings. The molecule has 1 saturated heterocycles. The summed E-state index contributed by atoms with van der Waals surface area (Å²) in [6, 6.07) is 0. The molecule has 0 spiro atoms. The van der Waals surface area contributed by atoms with E-state index in [1.807, 2.05) is 6.92 Å². The lowest BCUT2D eigenvalue weighted by atomic mass is 9.76. The number of aliphatic hydroxyl groups is 2. The number of aliphatic hydroxyl groups excluding tert-OH is 2. The molecule has 72 valence electrons. The van der Waals surface area contributed by atoms with Crippen LogP contribution in [0, 0.1) is 5.41 Å². The van der Waals surface area contributed by atoms with Gasteiger partial charge < -0.3 is 14.9 Å². The third-order valence-electron chi connectivity index (χ3n) is 2.75. The summed E-state index contributed by atoms with van der Waals surface area (Å²) >= 11 is 0. The summed E-state index contributed by atoms with van der Waals surface area (Å²) in [7, 11) is 0. The van der Waals surface area contributed by atoms with Crippen molar-refractivity contribution in [2.45, 2.75) is 38.9 Å². The summed E-state index contributed by atoms with van der Waals surface area (Å²) in [6.45, 7) is 5.02. The molecule has 0 aromatic heterocycles. The fourth-order valence-corrected chi connectivity index (χ4v) is 1.57. The summed E-state index contributed by atoms with van der Waals surface area (Å²) in [4.78, 5) is 0. The van der Waals surface area contributed by atoms with E-state index in [1.54, 1.807) is 6.92 Å². The average Bonchev–Trinajstić information content (AvgIpc) is 1.83. The largest absolute Gasteiger partial charge is 0.393 e. The molecular weight excluding hydrogens is 156 g/mol. The number of ether oxygens (including phenoxy) is 1. The lowest BCUT2D eigenvalue weighted by Crippen LogP contribution is -2.51. The second-order valence-electron chi connectivity index (χ2n) is 3.81. The second kappa shape index (κ2) is 3.73. The van der Waals surface area contributed by atoms with Crippen molar-refractivity contribution in [3.8, 4) is 0 Å². The highest BCUT2D eigenvalue weighted by atomic mass is 16.5. The maximum absolute atomic E-state index is 9.75. The lowest BCUT2D eigenvalue weighted by molar-refractivity contribution is -0.179. The molecule has 3 heteroatoms. The van der Waals surface area contributed by atoms with Crippen LogP contribution in [0.3, 0.4) is 0 Å². The highest BCUT2D eigenvalue weighted by Crippen LogP contribution is 2.36. The number of rotatable bonds is 4. The van der Waals surface area contributed by atoms with Crippen LogP contribution in [0.1, 0.15) is 26.7 Å². The van der Waals surface area contributed by atoms with Gasteiger partial charge in [0.15, 0.2) is 0 Å². The van der Waals surface area contributed by atoms with Crippen LogP contribution in [-0.4, -0.2) is 35.6 Å². The van der Waals surface area contributed by atoms with Gasteiger partial charge >= 0.3 is 0 Å². The van der Waals surface area contributed by atoms with Crippen molar-refractivity contribution in [2.75, 3.05) is 13.2 Å². The van der Waals surface area contributed by atoms with E-state index in [4.69, 9.17) is 9.84 Å². The molecule has 2 N–H and O–H groups in total. The maximum Gasteiger partial charge on any atom is 0.0665 e. The zero-order valence-corrected chi connectivity index (χ0v) is 7.79. The smallest absolute Gasteiger partial charge is 0.0665 e. The first kappa shape index (κ1) is 9.96. The Morgan fingerprint density at radius 1 is 1.42 bits per heavy atom. The molecule has 0 aromatic rings. The summed E-state index contributed by atoms with van der Waals surface area (Å²) in [5, 5.41) is 18.9. The Bertz CT molecular complexity index is 135. The van der Waals surface area contributed by atoms with E-state index in [0.29, 0.717) is 19.6 Å². The Labute approximate surface area is 73.4 Å². The van der Waals surface area contributed by atoms with Crippen LogP contribution in [0.25, 0.3) is 0 Å². The molecule has 1 aliphatic heterocycles. The zero-order valence-electron chi connectivity index (χ0n) is 7.79. The van der Waals surface area contributed by atoms with Crippen LogP contribution >= 0.6 is 0 Å². The van der Waals surface area contributed by atoms with Gasteiger partial charge in [-0.3, -0.25) is 0 Å². The second-order valence-corrected chi connectivity index (χ2v) is 3.81. The molecule has 0 amide bonds. The minimum atomic E-state index is -0.427. The predicted molar refractivity (Wildman–Crippen MR) is 45.8 cm³/mol. The van der Waals surface area contributed by atoms with Crippen molar-refractivity contribution in [3.63, 3.8) is 0 Å². The predicted octanol–water partition coefficient (Wildman–Crippen LogP) is 0.545. The van der Waals surface area contributed by atoms with E-state index in [1.165, 1.54) is 0 Å². The fraction of sp³-hybridized carbons (Fsp3) is 1.00. The molecule has 0 radical (unpaired) electrons. The van der Waals surface area contributed by atoms with E-state index >= 15 is 0 Å². The molecule has 2 atom stereocenters. The van der Waals surface area contributed by atoms with Crippen molar-refractivity contribution < 1.29 is 14.9 Å². The van der Waals surface area contributed by atoms with E-state index in [0.717, 1.165) is 6.42 Å². The lowest BCUT2D eigenvalue weighted by Gasteiger charge is -2.44. The van der Waals surface area contributed by atoms with Gasteiger partial charge in [0.1, 0.15) is 0 Å². The molecule has 0 bridgehead atoms. The van der Waals surface area contributed by atoms with Gasteiger partial charge in [-0.2, -0.15) is 0 Å². The maximum atomic E-state index is 9.75. The number of hydrogen-bond donors (Lipinski definition) is 2. The molecule has 3 nitrogen and oxygen atoms in total. The van der Waals surface area contributed by atoms with E-state index < -0.39 is 12.2 Å². The summed E-state index contributed by atoms with van der Waals surface area (Å²) in [5.74, 6) is 0. The minimum absolute atomic E-state index is 0.0724. The molecule has 2 unspecified atom stereocenters. The van der Waals surface area contributed by atoms with E-state index in [-0.39, 0.29) is 5.41 Å². The number of hydrogen-bond acceptors (Lipinski definition) is 3. The van der Waals surface area contributed by atoms with Crippen LogP contribution in [0.2, 0.25) is 0 Å². The van der Waals surface area contributed by atoms with Gasteiger partial charge in [0.2, 0.25) is 0 Å². The van der Waals surface area contributed by atoms with Gasteiger partial charge in [-0.15, -0.1) is 0 Å². The Balaban J connectivity index is 2.43. The molecule has 12 heavy (non-hydrogen) atoms. The van der Waals surface area contributed by atoms with Crippen LogP contribution in [0.15, 0.2) is 0 Å². The third kappa shape index (κ3) is 1.79. The minimum Gasteiger partial charge on any atom is -0.393 e. The van der Waals surface area contributed by atoms with Crippen LogP contribution in [0.4, 0.5) is 0 Å². The molecule has 0 aromatic carbocycles. The standard InChI is InChI=1S/C9H18O3/c1-3-9(5-12-6-9)8(11)4-7(2)10/h7-8,10-11H,3-6H2,1-2H3. The first-order chi connectivity index (χ1) is 5.60. The first-order valence-corrected chi connectivity index (χ1v) is 4.54. The van der Waals surface area contributed by atoms with Gasteiger partial charge in [0, 0.05) is 5.41 Å². The highest BCUT2D eigenvalue weighted by Gasteiger charge is 2.43. The monoisotopic (exact) mass is 174 g/mol. The topological polar surface area (TPSA) is 49.7 Å². The van der Waals surface area contributed by atoms with Crippen molar-refractivity contribution in [3.05, 3.63) is 0 Å². The molecule has 1 heterocycles. The zero-order chi connectivity index (χ0) is 9.19. The molecule has 0 saturated carbocycles. The Hall–Kier alpha value is -0.120. The van der Waals surface area contributed by atoms with Crippen LogP contribution in [-0.2, 0) is 4.74 Å². The van der Waals surface area contributed by atoms with Crippen LogP contribution in [0.5, 0.6) is 0 Å². The molecule has 0 aliphatic carbocycles. The van der Waals surface area contributed by atoms with Crippen molar-refractivity contribution in [1.29, 1.82) is 0 Å². The first-order valence-electron chi connectivity index (χ1n) is 4.54. The normalized spacial score (nSPS) is 26.0. The summed E-state index contributed by atoms with van der Waals surface area (Å²) in [5.41, 5.74) is -0.0724. The summed E-state index contributed by atoms with van der Waals surface area (Å²) < 4.78 is 5.09. The fourth-order valence-electron chi connectivity index (χ4n) is 1.57. The van der Waals surface area contributed by atoms with E-state index in [9.17, 15) is 5.11 Å². The molecule has 1 rings (SSSR count). The SMILES string of the molecule is CCC1(C(O)CC(C)O)COC1. The van der Waals surface area contributed by atoms with Gasteiger partial charge in [-0.05, 0) is 19.8 Å². The molecular formula is C9H18O3. The van der Waals surface area contributed by atoms with Crippen molar-refractivity contribution in [2.24, 2.45) is 5.41 Å². The third-order valence-corrected chi connectivity index (χ3v) is 2.75. The van der Waals surface area contributed by atoms with Gasteiger partial charge in [-0.25, -0.2) is 0 Å². The van der Waals surface area contributed by atoms with Gasteiger partial charge in [-0.1, -0.05) is 6.92 Å². The Morgan fingerprint density at radius 3 is 2.25 bits per heavy atom.